The van der Waals surface area contributed by atoms with Gasteiger partial charge in [0, 0.05) is 12.0 Å². The number of imide groups is 1. The molecule has 2 bridgehead atoms. The average molecular weight is 276 g/mol. The van der Waals surface area contributed by atoms with E-state index in [2.05, 4.69) is 0 Å². The molecule has 20 heavy (non-hydrogen) atoms. The van der Waals surface area contributed by atoms with Crippen LogP contribution in [0.3, 0.4) is 0 Å². The van der Waals surface area contributed by atoms with Gasteiger partial charge in [0.1, 0.15) is 12.1 Å². The molecule has 3 amide bonds. The Kier molecular flexibility index (Phi) is 2.90. The monoisotopic (exact) mass is 276 g/mol. The summed E-state index contributed by atoms with van der Waals surface area (Å²) in [6.07, 6.45) is -0.263. The third-order valence-electron chi connectivity index (χ3n) is 3.43. The summed E-state index contributed by atoms with van der Waals surface area (Å²) in [5.41, 5.74) is 0.315. The molecule has 0 radical (unpaired) electrons. The highest BCUT2D eigenvalue weighted by atomic mass is 16.7. The van der Waals surface area contributed by atoms with Crippen LogP contribution in [0.4, 0.5) is 4.79 Å². The first-order valence-electron chi connectivity index (χ1n) is 6.17. The first-order chi connectivity index (χ1) is 9.58. The van der Waals surface area contributed by atoms with Crippen molar-refractivity contribution in [3.8, 4) is 0 Å². The molecular weight excluding hydrogens is 264 g/mol. The van der Waals surface area contributed by atoms with Gasteiger partial charge in [0.15, 0.2) is 0 Å². The summed E-state index contributed by atoms with van der Waals surface area (Å²) in [6.45, 7) is 0.203. The van der Waals surface area contributed by atoms with Crippen molar-refractivity contribution in [2.75, 3.05) is 6.54 Å². The molecular formula is C13H12N2O5. The predicted octanol–water partition coefficient (Wildman–Crippen LogP) is 0.721. The smallest absolute Gasteiger partial charge is 0.352 e. The lowest BCUT2D eigenvalue weighted by Crippen LogP contribution is -2.53. The minimum atomic E-state index is -1.08. The van der Waals surface area contributed by atoms with Gasteiger partial charge in [-0.1, -0.05) is 18.2 Å². The molecule has 1 aromatic carbocycles. The minimum Gasteiger partial charge on any atom is -0.480 e. The summed E-state index contributed by atoms with van der Waals surface area (Å²) in [5, 5.41) is 9.73. The van der Waals surface area contributed by atoms with Gasteiger partial charge < -0.3 is 10.0 Å². The standard InChI is InChI=1S/C13H12N2O5/c16-11(8-4-2-1-3-5-8)15-13(19)14-7-9(20-15)6-10(14)12(17)18/h1-5,9-10H,6-7H2,(H,17,18)/t9-,10+/m1/s1. The van der Waals surface area contributed by atoms with E-state index < -0.39 is 30.1 Å². The van der Waals surface area contributed by atoms with E-state index in [9.17, 15) is 14.4 Å². The fourth-order valence-corrected chi connectivity index (χ4v) is 2.46. The molecule has 1 N–H and O–H groups in total. The number of amides is 3. The molecule has 2 atom stereocenters. The fourth-order valence-electron chi connectivity index (χ4n) is 2.46. The predicted molar refractivity (Wildman–Crippen MR) is 65.6 cm³/mol. The summed E-state index contributed by atoms with van der Waals surface area (Å²) in [5.74, 6) is -1.67. The lowest BCUT2D eigenvalue weighted by Gasteiger charge is -2.32. The van der Waals surface area contributed by atoms with Gasteiger partial charge in [0.25, 0.3) is 5.91 Å². The number of aliphatic carboxylic acids is 1. The zero-order chi connectivity index (χ0) is 14.3. The number of hydrogen-bond donors (Lipinski definition) is 1. The Labute approximate surface area is 114 Å². The Balaban J connectivity index is 1.85. The maximum absolute atomic E-state index is 12.2. The first kappa shape index (κ1) is 12.6. The van der Waals surface area contributed by atoms with E-state index in [1.165, 1.54) is 0 Å². The Morgan fingerprint density at radius 3 is 2.60 bits per heavy atom. The average Bonchev–Trinajstić information content (AvgIpc) is 2.83. The van der Waals surface area contributed by atoms with E-state index >= 15 is 0 Å². The largest absolute Gasteiger partial charge is 0.480 e. The highest BCUT2D eigenvalue weighted by Gasteiger charge is 2.49. The number of urea groups is 1. The molecule has 1 aromatic rings. The molecule has 0 unspecified atom stereocenters. The molecule has 7 nitrogen and oxygen atoms in total. The number of rotatable bonds is 2. The molecule has 2 aliphatic rings. The van der Waals surface area contributed by atoms with Crippen molar-refractivity contribution in [3.63, 3.8) is 0 Å². The van der Waals surface area contributed by atoms with Crippen molar-refractivity contribution in [1.29, 1.82) is 0 Å². The molecule has 2 saturated heterocycles. The summed E-state index contributed by atoms with van der Waals surface area (Å²) >= 11 is 0. The van der Waals surface area contributed by atoms with Gasteiger partial charge in [-0.25, -0.2) is 9.59 Å². The van der Waals surface area contributed by atoms with Crippen LogP contribution in [0.15, 0.2) is 30.3 Å². The molecule has 2 fully saturated rings. The Bertz CT molecular complexity index is 573. The van der Waals surface area contributed by atoms with Gasteiger partial charge in [-0.05, 0) is 12.1 Å². The lowest BCUT2D eigenvalue weighted by molar-refractivity contribution is -0.147. The minimum absolute atomic E-state index is 0.194. The van der Waals surface area contributed by atoms with Crippen LogP contribution >= 0.6 is 0 Å². The van der Waals surface area contributed by atoms with Crippen molar-refractivity contribution in [2.45, 2.75) is 18.6 Å². The summed E-state index contributed by atoms with van der Waals surface area (Å²) < 4.78 is 0. The highest BCUT2D eigenvalue weighted by molar-refractivity contribution is 6.04. The van der Waals surface area contributed by atoms with Crippen molar-refractivity contribution in [1.82, 2.24) is 9.96 Å². The van der Waals surface area contributed by atoms with Crippen molar-refractivity contribution in [3.05, 3.63) is 35.9 Å². The first-order valence-corrected chi connectivity index (χ1v) is 6.17. The quantitative estimate of drug-likeness (QED) is 0.860. The number of nitrogens with zero attached hydrogens (tertiary/aromatic N) is 2. The zero-order valence-corrected chi connectivity index (χ0v) is 10.4. The summed E-state index contributed by atoms with van der Waals surface area (Å²) in [7, 11) is 0. The number of carbonyl (C=O) groups excluding carboxylic acids is 2. The number of hydroxylamine groups is 2. The maximum Gasteiger partial charge on any atom is 0.352 e. The van der Waals surface area contributed by atoms with E-state index in [4.69, 9.17) is 9.94 Å². The van der Waals surface area contributed by atoms with Crippen molar-refractivity contribution < 1.29 is 24.3 Å². The van der Waals surface area contributed by atoms with Crippen LogP contribution in [-0.2, 0) is 9.63 Å². The van der Waals surface area contributed by atoms with Crippen LogP contribution < -0.4 is 0 Å². The van der Waals surface area contributed by atoms with Gasteiger partial charge in [0.2, 0.25) is 0 Å². The molecule has 2 heterocycles. The van der Waals surface area contributed by atoms with E-state index in [1.54, 1.807) is 30.3 Å². The lowest BCUT2D eigenvalue weighted by atomic mass is 10.2. The topological polar surface area (TPSA) is 87.2 Å². The molecule has 0 spiro atoms. The SMILES string of the molecule is O=C(O)[C@@H]1C[C@@H]2CN1C(=O)N(C(=O)c1ccccc1)O2. The second kappa shape index (κ2) is 4.61. The van der Waals surface area contributed by atoms with Crippen LogP contribution in [-0.4, -0.2) is 51.7 Å². The Morgan fingerprint density at radius 1 is 1.25 bits per heavy atom. The molecule has 3 rings (SSSR count). The van der Waals surface area contributed by atoms with Gasteiger partial charge in [0.05, 0.1) is 6.54 Å². The number of hydrogen-bond acceptors (Lipinski definition) is 4. The van der Waals surface area contributed by atoms with Crippen molar-refractivity contribution >= 4 is 17.9 Å². The molecule has 0 aromatic heterocycles. The number of benzene rings is 1. The van der Waals surface area contributed by atoms with Crippen LogP contribution in [0, 0.1) is 0 Å². The molecule has 2 aliphatic heterocycles. The number of carbonyl (C=O) groups is 3. The van der Waals surface area contributed by atoms with Gasteiger partial charge in [-0.2, -0.15) is 0 Å². The fraction of sp³-hybridized carbons (Fsp3) is 0.308. The van der Waals surface area contributed by atoms with E-state index in [0.29, 0.717) is 10.6 Å². The van der Waals surface area contributed by atoms with E-state index in [0.717, 1.165) is 4.90 Å². The van der Waals surface area contributed by atoms with Crippen molar-refractivity contribution in [2.24, 2.45) is 0 Å². The zero-order valence-electron chi connectivity index (χ0n) is 10.4. The molecule has 0 saturated carbocycles. The van der Waals surface area contributed by atoms with Crippen LogP contribution in [0.25, 0.3) is 0 Å². The third kappa shape index (κ3) is 1.92. The summed E-state index contributed by atoms with van der Waals surface area (Å²) in [6, 6.07) is 6.59. The second-order valence-electron chi connectivity index (χ2n) is 4.72. The highest BCUT2D eigenvalue weighted by Crippen LogP contribution is 2.29. The number of fused-ring (bicyclic) bond motifs is 2. The molecule has 7 heteroatoms. The van der Waals surface area contributed by atoms with Crippen LogP contribution in [0.1, 0.15) is 16.8 Å². The molecule has 104 valence electrons. The maximum atomic E-state index is 12.2. The second-order valence-corrected chi connectivity index (χ2v) is 4.72. The van der Waals surface area contributed by atoms with Gasteiger partial charge in [-0.15, -0.1) is 5.06 Å². The van der Waals surface area contributed by atoms with Crippen LogP contribution in [0.5, 0.6) is 0 Å². The number of carboxylic acids is 1. The van der Waals surface area contributed by atoms with E-state index in [1.807, 2.05) is 0 Å². The molecule has 0 aliphatic carbocycles. The van der Waals surface area contributed by atoms with E-state index in [-0.39, 0.29) is 13.0 Å². The van der Waals surface area contributed by atoms with Gasteiger partial charge in [-0.3, -0.25) is 9.63 Å². The summed E-state index contributed by atoms with van der Waals surface area (Å²) in [4.78, 5) is 41.9. The normalized spacial score (nSPS) is 24.9. The Morgan fingerprint density at radius 2 is 1.95 bits per heavy atom. The third-order valence-corrected chi connectivity index (χ3v) is 3.43. The van der Waals surface area contributed by atoms with Crippen LogP contribution in [0.2, 0.25) is 0 Å². The number of carboxylic acid groups (broad SMARTS) is 1. The Hall–Kier alpha value is -2.41. The van der Waals surface area contributed by atoms with Gasteiger partial charge >= 0.3 is 12.0 Å².